The smallest absolute Gasteiger partial charge is 0.332 e. The number of amides is 1. The lowest BCUT2D eigenvalue weighted by atomic mass is 9.78. The molecular weight excluding hydrogens is 419 g/mol. The van der Waals surface area contributed by atoms with Crippen LogP contribution in [0.5, 0.6) is 0 Å². The van der Waals surface area contributed by atoms with E-state index in [1.807, 2.05) is 7.05 Å². The van der Waals surface area contributed by atoms with Crippen molar-refractivity contribution in [3.05, 3.63) is 39.9 Å². The Morgan fingerprint density at radius 1 is 1.21 bits per heavy atom. The number of likely N-dealkylation sites (tertiary alicyclic amines) is 1. The minimum absolute atomic E-state index is 0.200. The maximum atomic E-state index is 13.6. The van der Waals surface area contributed by atoms with Crippen LogP contribution in [0.4, 0.5) is 5.69 Å². The van der Waals surface area contributed by atoms with Crippen LogP contribution in [0.1, 0.15) is 19.8 Å². The quantitative estimate of drug-likeness (QED) is 0.627. The van der Waals surface area contributed by atoms with Crippen molar-refractivity contribution in [1.29, 1.82) is 0 Å². The number of carboxylic acids is 2. The monoisotopic (exact) mass is 442 g/mol. The Hall–Kier alpha value is -2.09. The predicted molar refractivity (Wildman–Crippen MR) is 112 cm³/mol. The Labute approximate surface area is 179 Å². The molecule has 1 heterocycles. The van der Waals surface area contributed by atoms with Crippen LogP contribution in [0.25, 0.3) is 0 Å². The van der Waals surface area contributed by atoms with Gasteiger partial charge >= 0.3 is 11.9 Å². The number of aliphatic carboxylic acids is 2. The summed E-state index contributed by atoms with van der Waals surface area (Å²) in [5.41, 5.74) is -0.139. The first-order chi connectivity index (χ1) is 13.7. The first-order valence-electron chi connectivity index (χ1n) is 9.29. The fourth-order valence-corrected chi connectivity index (χ4v) is 4.31. The number of nitrogens with zero attached hydrogens (tertiary/aromatic N) is 2. The number of halogens is 2. The molecule has 1 atom stereocenters. The summed E-state index contributed by atoms with van der Waals surface area (Å²) in [5, 5.41) is 19.4. The van der Waals surface area contributed by atoms with Gasteiger partial charge in [-0.1, -0.05) is 29.3 Å². The lowest BCUT2D eigenvalue weighted by Crippen LogP contribution is -2.44. The topological polar surface area (TPSA) is 98.2 Å². The molecule has 9 heteroatoms. The molecule has 0 bridgehead atoms. The molecule has 2 N–H and O–H groups in total. The van der Waals surface area contributed by atoms with E-state index in [2.05, 4.69) is 4.90 Å². The maximum absolute atomic E-state index is 13.6. The average molecular weight is 443 g/mol. The van der Waals surface area contributed by atoms with E-state index in [0.29, 0.717) is 37.7 Å². The standard InChI is InChI=1S/C20H24Cl2N2O5/c1-3-24(18-14(21)5-4-6-15(18)22)19(27)17(12-7-9-23(2)10-8-12)13(20(28)29)11-16(25)26/h4-6,11-12,17H,3,7-10H2,1-2H3,(H,25,26)(H,28,29)/b13-11+. The number of carbonyl (C=O) groups is 3. The Balaban J connectivity index is 2.55. The number of carbonyl (C=O) groups excluding carboxylic acids is 1. The van der Waals surface area contributed by atoms with E-state index < -0.39 is 29.3 Å². The highest BCUT2D eigenvalue weighted by molar-refractivity contribution is 6.40. The van der Waals surface area contributed by atoms with Crippen molar-refractivity contribution in [1.82, 2.24) is 4.90 Å². The molecule has 0 aliphatic carbocycles. The Morgan fingerprint density at radius 3 is 2.21 bits per heavy atom. The molecule has 0 saturated carbocycles. The van der Waals surface area contributed by atoms with Crippen LogP contribution >= 0.6 is 23.2 Å². The first kappa shape index (κ1) is 23.2. The summed E-state index contributed by atoms with van der Waals surface area (Å²) in [4.78, 5) is 40.2. The minimum Gasteiger partial charge on any atom is -0.478 e. The van der Waals surface area contributed by atoms with Crippen molar-refractivity contribution in [3.8, 4) is 0 Å². The average Bonchev–Trinajstić information content (AvgIpc) is 2.65. The Bertz CT molecular complexity index is 799. The molecule has 1 saturated heterocycles. The van der Waals surface area contributed by atoms with Gasteiger partial charge < -0.3 is 20.0 Å². The molecule has 1 fully saturated rings. The van der Waals surface area contributed by atoms with Gasteiger partial charge in [0.15, 0.2) is 0 Å². The summed E-state index contributed by atoms with van der Waals surface area (Å²) in [7, 11) is 1.94. The molecule has 0 spiro atoms. The van der Waals surface area contributed by atoms with Crippen molar-refractivity contribution >= 4 is 46.7 Å². The number of hydrogen-bond donors (Lipinski definition) is 2. The molecule has 1 amide bonds. The molecular formula is C20H24Cl2N2O5. The highest BCUT2D eigenvalue weighted by atomic mass is 35.5. The van der Waals surface area contributed by atoms with E-state index in [0.717, 1.165) is 0 Å². The Morgan fingerprint density at radius 2 is 1.76 bits per heavy atom. The fourth-order valence-electron chi connectivity index (χ4n) is 3.71. The molecule has 1 aliphatic heterocycles. The normalized spacial score (nSPS) is 17.0. The summed E-state index contributed by atoms with van der Waals surface area (Å²) in [5.74, 6) is -4.79. The van der Waals surface area contributed by atoms with Gasteiger partial charge in [0.2, 0.25) is 5.91 Å². The fraction of sp³-hybridized carbons (Fsp3) is 0.450. The molecule has 1 unspecified atom stereocenters. The van der Waals surface area contributed by atoms with Gasteiger partial charge in [0, 0.05) is 12.6 Å². The van der Waals surface area contributed by atoms with Crippen LogP contribution in [-0.2, 0) is 14.4 Å². The van der Waals surface area contributed by atoms with Crippen LogP contribution in [0.2, 0.25) is 10.0 Å². The molecule has 158 valence electrons. The molecule has 7 nitrogen and oxygen atoms in total. The minimum atomic E-state index is -1.43. The van der Waals surface area contributed by atoms with Gasteiger partial charge in [-0.2, -0.15) is 0 Å². The van der Waals surface area contributed by atoms with Gasteiger partial charge in [0.05, 0.1) is 27.2 Å². The molecule has 0 aromatic heterocycles. The van der Waals surface area contributed by atoms with E-state index in [-0.39, 0.29) is 22.5 Å². The van der Waals surface area contributed by atoms with Gasteiger partial charge in [-0.15, -0.1) is 0 Å². The predicted octanol–water partition coefficient (Wildman–Crippen LogP) is 3.40. The second-order valence-electron chi connectivity index (χ2n) is 7.01. The van der Waals surface area contributed by atoms with Gasteiger partial charge in [-0.3, -0.25) is 4.79 Å². The van der Waals surface area contributed by atoms with Crippen molar-refractivity contribution in [3.63, 3.8) is 0 Å². The van der Waals surface area contributed by atoms with E-state index in [4.69, 9.17) is 23.2 Å². The third kappa shape index (κ3) is 5.50. The van der Waals surface area contributed by atoms with Gasteiger partial charge in [-0.05, 0) is 58.0 Å². The highest BCUT2D eigenvalue weighted by Gasteiger charge is 2.39. The number of hydrogen-bond acceptors (Lipinski definition) is 4. The van der Waals surface area contributed by atoms with Crippen molar-refractivity contribution < 1.29 is 24.6 Å². The number of carboxylic acid groups (broad SMARTS) is 2. The molecule has 1 aromatic carbocycles. The van der Waals surface area contributed by atoms with Gasteiger partial charge in [0.25, 0.3) is 0 Å². The summed E-state index contributed by atoms with van der Waals surface area (Å²) >= 11 is 12.5. The zero-order valence-corrected chi connectivity index (χ0v) is 17.8. The van der Waals surface area contributed by atoms with Crippen LogP contribution in [0.15, 0.2) is 29.8 Å². The second-order valence-corrected chi connectivity index (χ2v) is 7.83. The lowest BCUT2D eigenvalue weighted by molar-refractivity contribution is -0.137. The third-order valence-corrected chi connectivity index (χ3v) is 5.76. The third-order valence-electron chi connectivity index (χ3n) is 5.15. The van der Waals surface area contributed by atoms with Gasteiger partial charge in [0.1, 0.15) is 0 Å². The molecule has 29 heavy (non-hydrogen) atoms. The highest BCUT2D eigenvalue weighted by Crippen LogP contribution is 2.38. The Kier molecular flexibility index (Phi) is 8.07. The number of rotatable bonds is 7. The van der Waals surface area contributed by atoms with E-state index in [9.17, 15) is 24.6 Å². The van der Waals surface area contributed by atoms with Crippen LogP contribution in [-0.4, -0.2) is 59.6 Å². The number of anilines is 1. The van der Waals surface area contributed by atoms with Crippen LogP contribution in [0.3, 0.4) is 0 Å². The zero-order valence-electron chi connectivity index (χ0n) is 16.3. The summed E-state index contributed by atoms with van der Waals surface area (Å²) < 4.78 is 0. The number of benzene rings is 1. The SMILES string of the molecule is CCN(C(=O)C(/C(=C\C(=O)O)C(=O)O)C1CCN(C)CC1)c1c(Cl)cccc1Cl. The van der Waals surface area contributed by atoms with E-state index >= 15 is 0 Å². The largest absolute Gasteiger partial charge is 0.478 e. The second kappa shape index (κ2) is 10.1. The van der Waals surface area contributed by atoms with Gasteiger partial charge in [-0.25, -0.2) is 9.59 Å². The number of para-hydroxylation sites is 1. The molecule has 0 radical (unpaired) electrons. The van der Waals surface area contributed by atoms with Crippen molar-refractivity contribution in [2.24, 2.45) is 11.8 Å². The summed E-state index contributed by atoms with van der Waals surface area (Å²) in [6, 6.07) is 4.83. The maximum Gasteiger partial charge on any atom is 0.332 e. The van der Waals surface area contributed by atoms with Crippen LogP contribution < -0.4 is 4.90 Å². The molecule has 1 aliphatic rings. The number of piperidine rings is 1. The van der Waals surface area contributed by atoms with Crippen molar-refractivity contribution in [2.75, 3.05) is 31.6 Å². The zero-order chi connectivity index (χ0) is 21.7. The van der Waals surface area contributed by atoms with E-state index in [1.54, 1.807) is 25.1 Å². The van der Waals surface area contributed by atoms with Crippen LogP contribution in [0, 0.1) is 11.8 Å². The van der Waals surface area contributed by atoms with E-state index in [1.165, 1.54) is 4.90 Å². The summed E-state index contributed by atoms with van der Waals surface area (Å²) in [6.07, 6.45) is 1.77. The summed E-state index contributed by atoms with van der Waals surface area (Å²) in [6.45, 7) is 3.30. The van der Waals surface area contributed by atoms with Crippen molar-refractivity contribution in [2.45, 2.75) is 19.8 Å². The first-order valence-corrected chi connectivity index (χ1v) is 10.0. The lowest BCUT2D eigenvalue weighted by Gasteiger charge is -2.36. The molecule has 1 aromatic rings. The molecule has 2 rings (SSSR count).